The van der Waals surface area contributed by atoms with E-state index in [1.165, 1.54) is 72.8 Å². The molecule has 0 saturated heterocycles. The molecule has 4 rings (SSSR count). The van der Waals surface area contributed by atoms with Gasteiger partial charge in [-0.1, -0.05) is 105 Å². The van der Waals surface area contributed by atoms with Crippen molar-refractivity contribution in [1.82, 2.24) is 0 Å². The molecule has 1 saturated carbocycles. The van der Waals surface area contributed by atoms with E-state index in [4.69, 9.17) is 5.73 Å². The quantitative estimate of drug-likeness (QED) is 0.355. The fourth-order valence-electron chi connectivity index (χ4n) is 7.59. The second kappa shape index (κ2) is 11.3. The zero-order chi connectivity index (χ0) is 25.7. The largest absolute Gasteiger partial charge is 0.318 e. The van der Waals surface area contributed by atoms with Crippen molar-refractivity contribution in [3.05, 3.63) is 102 Å². The van der Waals surface area contributed by atoms with Gasteiger partial charge in [-0.05, 0) is 97.5 Å². The third-order valence-electron chi connectivity index (χ3n) is 9.18. The molecule has 0 bridgehead atoms. The number of nitrogens with two attached hydrogens (primary N) is 1. The van der Waals surface area contributed by atoms with Crippen LogP contribution >= 0.6 is 0 Å². The SMILES string of the molecule is C=CCCC1(CC2(c3ccccc3)CCCCC2)CC=C(c2ccc(CCC)cc2)C(C)(N)/C1=C/C. The molecular weight excluding hydrogens is 434 g/mol. The first kappa shape index (κ1) is 26.7. The van der Waals surface area contributed by atoms with E-state index in [2.05, 4.69) is 100 Å². The lowest BCUT2D eigenvalue weighted by atomic mass is 9.52. The normalized spacial score (nSPS) is 27.0. The summed E-state index contributed by atoms with van der Waals surface area (Å²) in [5.74, 6) is 0. The molecule has 2 N–H and O–H groups in total. The van der Waals surface area contributed by atoms with Gasteiger partial charge in [-0.25, -0.2) is 0 Å². The predicted molar refractivity (Wildman–Crippen MR) is 157 cm³/mol. The number of rotatable bonds is 9. The summed E-state index contributed by atoms with van der Waals surface area (Å²) < 4.78 is 0. The van der Waals surface area contributed by atoms with E-state index < -0.39 is 5.54 Å². The van der Waals surface area contributed by atoms with Crippen LogP contribution in [0, 0.1) is 5.41 Å². The van der Waals surface area contributed by atoms with Gasteiger partial charge < -0.3 is 5.73 Å². The lowest BCUT2D eigenvalue weighted by Crippen LogP contribution is -2.51. The summed E-state index contributed by atoms with van der Waals surface area (Å²) in [6.45, 7) is 10.8. The van der Waals surface area contributed by atoms with Crippen LogP contribution in [0.25, 0.3) is 5.57 Å². The minimum atomic E-state index is -0.493. The van der Waals surface area contributed by atoms with E-state index in [0.717, 1.165) is 25.7 Å². The Morgan fingerprint density at radius 3 is 2.28 bits per heavy atom. The minimum absolute atomic E-state index is 0.0469. The topological polar surface area (TPSA) is 26.0 Å². The highest BCUT2D eigenvalue weighted by Gasteiger charge is 2.50. The molecule has 2 unspecified atom stereocenters. The van der Waals surface area contributed by atoms with Crippen molar-refractivity contribution in [2.75, 3.05) is 0 Å². The Kier molecular flexibility index (Phi) is 8.41. The zero-order valence-corrected chi connectivity index (χ0v) is 23.0. The molecule has 0 aromatic heterocycles. The first-order valence-electron chi connectivity index (χ1n) is 14.3. The number of allylic oxidation sites excluding steroid dienone is 3. The van der Waals surface area contributed by atoms with Gasteiger partial charge in [0.25, 0.3) is 0 Å². The Labute approximate surface area is 220 Å². The second-order valence-corrected chi connectivity index (χ2v) is 11.7. The van der Waals surface area contributed by atoms with E-state index in [1.807, 2.05) is 0 Å². The Morgan fingerprint density at radius 1 is 0.972 bits per heavy atom. The number of hydrogen-bond acceptors (Lipinski definition) is 1. The van der Waals surface area contributed by atoms with E-state index in [1.54, 1.807) is 0 Å². The summed E-state index contributed by atoms with van der Waals surface area (Å²) in [6, 6.07) is 20.5. The predicted octanol–water partition coefficient (Wildman–Crippen LogP) is 9.33. The molecule has 192 valence electrons. The van der Waals surface area contributed by atoms with Gasteiger partial charge in [0, 0.05) is 0 Å². The van der Waals surface area contributed by atoms with Crippen molar-refractivity contribution in [2.24, 2.45) is 11.1 Å². The number of aryl methyl sites for hydroxylation is 1. The Bertz CT molecular complexity index is 1060. The first-order valence-corrected chi connectivity index (χ1v) is 14.3. The van der Waals surface area contributed by atoms with Gasteiger partial charge in [0.2, 0.25) is 0 Å². The highest BCUT2D eigenvalue weighted by Crippen LogP contribution is 2.58. The van der Waals surface area contributed by atoms with E-state index >= 15 is 0 Å². The standard InChI is InChI=1S/C35H47N/c1-5-8-23-35(27-34(24-13-10-14-25-34)30-16-11-9-12-17-30)26-22-31(33(4,36)32(35)7-3)29-20-18-28(15-6-2)19-21-29/h5,7,9,11-12,16-22H,1,6,8,10,13-15,23-27,36H2,2-4H3/b32-7-. The van der Waals surface area contributed by atoms with Gasteiger partial charge in [0.1, 0.15) is 0 Å². The van der Waals surface area contributed by atoms with Crippen molar-refractivity contribution in [2.45, 2.75) is 102 Å². The average molecular weight is 482 g/mol. The molecule has 0 spiro atoms. The third kappa shape index (κ3) is 5.18. The molecule has 1 fully saturated rings. The van der Waals surface area contributed by atoms with Crippen molar-refractivity contribution < 1.29 is 0 Å². The zero-order valence-electron chi connectivity index (χ0n) is 23.0. The molecule has 2 aromatic rings. The fraction of sp³-hybridized carbons (Fsp3) is 0.486. The van der Waals surface area contributed by atoms with Gasteiger partial charge >= 0.3 is 0 Å². The monoisotopic (exact) mass is 481 g/mol. The Hall–Kier alpha value is -2.38. The van der Waals surface area contributed by atoms with Crippen LogP contribution in [0.2, 0.25) is 0 Å². The van der Waals surface area contributed by atoms with Gasteiger partial charge in [-0.3, -0.25) is 0 Å². The van der Waals surface area contributed by atoms with E-state index in [-0.39, 0.29) is 10.8 Å². The van der Waals surface area contributed by atoms with Crippen LogP contribution in [0.5, 0.6) is 0 Å². The van der Waals surface area contributed by atoms with Crippen LogP contribution in [0.3, 0.4) is 0 Å². The summed E-state index contributed by atoms with van der Waals surface area (Å²) in [5, 5.41) is 0. The lowest BCUT2D eigenvalue weighted by Gasteiger charge is -2.53. The maximum Gasteiger partial charge on any atom is 0.0604 e. The molecule has 0 amide bonds. The summed E-state index contributed by atoms with van der Waals surface area (Å²) in [6.07, 6.45) is 20.2. The lowest BCUT2D eigenvalue weighted by molar-refractivity contribution is 0.158. The van der Waals surface area contributed by atoms with Crippen molar-refractivity contribution >= 4 is 5.57 Å². The molecule has 0 heterocycles. The first-order chi connectivity index (χ1) is 17.4. The van der Waals surface area contributed by atoms with E-state index in [0.29, 0.717) is 0 Å². The molecule has 2 aromatic carbocycles. The van der Waals surface area contributed by atoms with Crippen LogP contribution in [0.1, 0.15) is 102 Å². The van der Waals surface area contributed by atoms with Crippen molar-refractivity contribution in [1.29, 1.82) is 0 Å². The van der Waals surface area contributed by atoms with Gasteiger partial charge in [0.05, 0.1) is 5.54 Å². The van der Waals surface area contributed by atoms with Crippen LogP contribution in [-0.4, -0.2) is 5.54 Å². The summed E-state index contributed by atoms with van der Waals surface area (Å²) >= 11 is 0. The smallest absolute Gasteiger partial charge is 0.0604 e. The molecule has 2 atom stereocenters. The number of hydrogen-bond donors (Lipinski definition) is 1. The van der Waals surface area contributed by atoms with Crippen LogP contribution < -0.4 is 5.73 Å². The van der Waals surface area contributed by atoms with Gasteiger partial charge in [-0.15, -0.1) is 6.58 Å². The molecule has 36 heavy (non-hydrogen) atoms. The summed E-state index contributed by atoms with van der Waals surface area (Å²) in [7, 11) is 0. The Morgan fingerprint density at radius 2 is 1.67 bits per heavy atom. The maximum absolute atomic E-state index is 7.38. The average Bonchev–Trinajstić information content (AvgIpc) is 2.89. The van der Waals surface area contributed by atoms with Crippen molar-refractivity contribution in [3.63, 3.8) is 0 Å². The van der Waals surface area contributed by atoms with Gasteiger partial charge in [0.15, 0.2) is 0 Å². The highest BCUT2D eigenvalue weighted by molar-refractivity contribution is 5.78. The fourth-order valence-corrected chi connectivity index (χ4v) is 7.59. The molecular formula is C35H47N. The molecule has 0 radical (unpaired) electrons. The van der Waals surface area contributed by atoms with Crippen LogP contribution in [0.4, 0.5) is 0 Å². The third-order valence-corrected chi connectivity index (χ3v) is 9.18. The van der Waals surface area contributed by atoms with Crippen LogP contribution in [0.15, 0.2) is 85.0 Å². The Balaban J connectivity index is 1.78. The highest BCUT2D eigenvalue weighted by atomic mass is 14.8. The van der Waals surface area contributed by atoms with Gasteiger partial charge in [-0.2, -0.15) is 0 Å². The molecule has 2 aliphatic rings. The summed E-state index contributed by atoms with van der Waals surface area (Å²) in [4.78, 5) is 0. The van der Waals surface area contributed by atoms with Crippen molar-refractivity contribution in [3.8, 4) is 0 Å². The molecule has 1 nitrogen and oxygen atoms in total. The summed E-state index contributed by atoms with van der Waals surface area (Å²) in [5.41, 5.74) is 14.1. The maximum atomic E-state index is 7.38. The molecule has 0 aliphatic heterocycles. The molecule has 1 heteroatoms. The second-order valence-electron chi connectivity index (χ2n) is 11.7. The minimum Gasteiger partial charge on any atom is -0.318 e. The number of benzene rings is 2. The van der Waals surface area contributed by atoms with Crippen LogP contribution in [-0.2, 0) is 11.8 Å². The molecule has 2 aliphatic carbocycles. The van der Waals surface area contributed by atoms with E-state index in [9.17, 15) is 0 Å².